The van der Waals surface area contributed by atoms with Crippen molar-refractivity contribution in [3.63, 3.8) is 0 Å². The molecule has 0 unspecified atom stereocenters. The molecular formula is C17H17N5O3. The Hall–Kier alpha value is -3.29. The molecule has 0 aliphatic carbocycles. The minimum absolute atomic E-state index is 0.0430. The molecule has 0 fully saturated rings. The summed E-state index contributed by atoms with van der Waals surface area (Å²) in [6.07, 6.45) is 1.29. The summed E-state index contributed by atoms with van der Waals surface area (Å²) in [5.74, 6) is 0.733. The second-order valence-corrected chi connectivity index (χ2v) is 5.73. The number of nitrogens with one attached hydrogen (secondary N) is 1. The van der Waals surface area contributed by atoms with Crippen molar-refractivity contribution >= 4 is 5.91 Å². The number of aromatic amines is 1. The second kappa shape index (κ2) is 6.68. The molecule has 8 heteroatoms. The molecule has 1 aromatic carbocycles. The van der Waals surface area contributed by atoms with Gasteiger partial charge in [-0.2, -0.15) is 4.98 Å². The lowest BCUT2D eigenvalue weighted by atomic mass is 10.1. The molecular weight excluding hydrogens is 322 g/mol. The van der Waals surface area contributed by atoms with Crippen molar-refractivity contribution in [2.75, 3.05) is 7.05 Å². The van der Waals surface area contributed by atoms with Crippen LogP contribution in [0.15, 0.2) is 39.8 Å². The van der Waals surface area contributed by atoms with Crippen molar-refractivity contribution in [1.82, 2.24) is 25.0 Å². The standard InChI is InChI=1S/C17H17N5O3/c1-10-4-6-12(7-5-10)15-18-8-13(16(23)20-15)17(24)22(3)9-14-19-11(2)25-21-14/h4-8H,9H2,1-3H3,(H,18,20,23). The predicted octanol–water partition coefficient (Wildman–Crippen LogP) is 1.71. The summed E-state index contributed by atoms with van der Waals surface area (Å²) in [4.78, 5) is 37.0. The van der Waals surface area contributed by atoms with Crippen LogP contribution >= 0.6 is 0 Å². The van der Waals surface area contributed by atoms with Crippen molar-refractivity contribution in [3.05, 3.63) is 63.7 Å². The molecule has 128 valence electrons. The van der Waals surface area contributed by atoms with Crippen LogP contribution in [0.2, 0.25) is 0 Å². The summed E-state index contributed by atoms with van der Waals surface area (Å²) in [5.41, 5.74) is 1.35. The number of amides is 1. The van der Waals surface area contributed by atoms with E-state index in [1.165, 1.54) is 11.1 Å². The van der Waals surface area contributed by atoms with Crippen LogP contribution in [0.3, 0.4) is 0 Å². The van der Waals surface area contributed by atoms with Gasteiger partial charge in [0.1, 0.15) is 11.4 Å². The van der Waals surface area contributed by atoms with Crippen molar-refractivity contribution in [2.24, 2.45) is 0 Å². The number of rotatable bonds is 4. The van der Waals surface area contributed by atoms with Crippen molar-refractivity contribution in [3.8, 4) is 11.4 Å². The highest BCUT2D eigenvalue weighted by Gasteiger charge is 2.18. The number of benzene rings is 1. The first-order valence-electron chi connectivity index (χ1n) is 7.65. The van der Waals surface area contributed by atoms with Gasteiger partial charge in [0.05, 0.1) is 6.54 Å². The Morgan fingerprint density at radius 3 is 2.56 bits per heavy atom. The highest BCUT2D eigenvalue weighted by molar-refractivity contribution is 5.93. The number of hydrogen-bond acceptors (Lipinski definition) is 6. The Balaban J connectivity index is 1.81. The highest BCUT2D eigenvalue weighted by Crippen LogP contribution is 2.14. The SMILES string of the molecule is Cc1ccc(-c2ncc(C(=O)N(C)Cc3noc(C)n3)c(=O)[nH]2)cc1. The van der Waals surface area contributed by atoms with Crippen molar-refractivity contribution in [1.29, 1.82) is 0 Å². The van der Waals surface area contributed by atoms with Crippen LogP contribution in [-0.4, -0.2) is 38.0 Å². The monoisotopic (exact) mass is 339 g/mol. The first kappa shape index (κ1) is 16.6. The minimum Gasteiger partial charge on any atom is -0.340 e. The molecule has 25 heavy (non-hydrogen) atoms. The smallest absolute Gasteiger partial charge is 0.264 e. The largest absolute Gasteiger partial charge is 0.340 e. The van der Waals surface area contributed by atoms with Crippen LogP contribution in [0.25, 0.3) is 11.4 Å². The van der Waals surface area contributed by atoms with E-state index >= 15 is 0 Å². The molecule has 1 N–H and O–H groups in total. The Kier molecular flexibility index (Phi) is 4.42. The molecule has 3 aromatic rings. The van der Waals surface area contributed by atoms with E-state index in [0.29, 0.717) is 17.5 Å². The van der Waals surface area contributed by atoms with Gasteiger partial charge in [-0.3, -0.25) is 9.59 Å². The van der Waals surface area contributed by atoms with Gasteiger partial charge >= 0.3 is 0 Å². The van der Waals surface area contributed by atoms with E-state index in [1.807, 2.05) is 31.2 Å². The summed E-state index contributed by atoms with van der Waals surface area (Å²) in [5, 5.41) is 3.73. The number of nitrogens with zero attached hydrogens (tertiary/aromatic N) is 4. The van der Waals surface area contributed by atoms with E-state index in [4.69, 9.17) is 4.52 Å². The lowest BCUT2D eigenvalue weighted by Gasteiger charge is -2.14. The molecule has 0 saturated heterocycles. The summed E-state index contributed by atoms with van der Waals surface area (Å²) in [6.45, 7) is 3.77. The lowest BCUT2D eigenvalue weighted by molar-refractivity contribution is 0.0778. The van der Waals surface area contributed by atoms with Gasteiger partial charge in [-0.15, -0.1) is 0 Å². The first-order valence-corrected chi connectivity index (χ1v) is 7.65. The molecule has 0 radical (unpaired) electrons. The number of carbonyl (C=O) groups is 1. The van der Waals surface area contributed by atoms with Gasteiger partial charge in [-0.05, 0) is 6.92 Å². The van der Waals surface area contributed by atoms with Crippen LogP contribution in [0.4, 0.5) is 0 Å². The first-order chi connectivity index (χ1) is 11.9. The Morgan fingerprint density at radius 2 is 1.96 bits per heavy atom. The van der Waals surface area contributed by atoms with Gasteiger partial charge in [-0.1, -0.05) is 35.0 Å². The number of H-pyrrole nitrogens is 1. The van der Waals surface area contributed by atoms with E-state index in [2.05, 4.69) is 20.1 Å². The molecule has 0 atom stereocenters. The lowest BCUT2D eigenvalue weighted by Crippen LogP contribution is -2.32. The van der Waals surface area contributed by atoms with Gasteiger partial charge in [-0.25, -0.2) is 4.98 Å². The number of carbonyl (C=O) groups excluding carboxylic acids is 1. The number of hydrogen-bond donors (Lipinski definition) is 1. The van der Waals surface area contributed by atoms with E-state index in [9.17, 15) is 9.59 Å². The average molecular weight is 339 g/mol. The summed E-state index contributed by atoms with van der Waals surface area (Å²) in [7, 11) is 1.56. The normalized spacial score (nSPS) is 10.7. The van der Waals surface area contributed by atoms with E-state index in [0.717, 1.165) is 11.1 Å². The summed E-state index contributed by atoms with van der Waals surface area (Å²) >= 11 is 0. The summed E-state index contributed by atoms with van der Waals surface area (Å²) < 4.78 is 4.87. The second-order valence-electron chi connectivity index (χ2n) is 5.73. The maximum absolute atomic E-state index is 12.4. The minimum atomic E-state index is -0.494. The van der Waals surface area contributed by atoms with Crippen molar-refractivity contribution < 1.29 is 9.32 Å². The van der Waals surface area contributed by atoms with Gasteiger partial charge in [0.25, 0.3) is 11.5 Å². The zero-order valence-electron chi connectivity index (χ0n) is 14.1. The third-order valence-electron chi connectivity index (χ3n) is 3.65. The predicted molar refractivity (Wildman–Crippen MR) is 89.9 cm³/mol. The number of aryl methyl sites for hydroxylation is 2. The third-order valence-corrected chi connectivity index (χ3v) is 3.65. The summed E-state index contributed by atoms with van der Waals surface area (Å²) in [6, 6.07) is 7.57. The molecule has 0 bridgehead atoms. The maximum atomic E-state index is 12.4. The Morgan fingerprint density at radius 1 is 1.24 bits per heavy atom. The molecule has 2 heterocycles. The topological polar surface area (TPSA) is 105 Å². The molecule has 0 spiro atoms. The molecule has 0 aliphatic rings. The molecule has 0 aliphatic heterocycles. The molecule has 3 rings (SSSR count). The maximum Gasteiger partial charge on any atom is 0.264 e. The fraction of sp³-hybridized carbons (Fsp3) is 0.235. The fourth-order valence-electron chi connectivity index (χ4n) is 2.30. The zero-order valence-corrected chi connectivity index (χ0v) is 14.1. The van der Waals surface area contributed by atoms with Gasteiger partial charge in [0.2, 0.25) is 5.89 Å². The van der Waals surface area contributed by atoms with Crippen molar-refractivity contribution in [2.45, 2.75) is 20.4 Å². The van der Waals surface area contributed by atoms with Crippen LogP contribution in [-0.2, 0) is 6.54 Å². The van der Waals surface area contributed by atoms with E-state index in [-0.39, 0.29) is 12.1 Å². The number of aromatic nitrogens is 4. The van der Waals surface area contributed by atoms with Crippen LogP contribution in [0.1, 0.15) is 27.6 Å². The molecule has 1 amide bonds. The molecule has 0 saturated carbocycles. The van der Waals surface area contributed by atoms with Crippen LogP contribution in [0, 0.1) is 13.8 Å². The Bertz CT molecular complexity index is 959. The quantitative estimate of drug-likeness (QED) is 0.776. The van der Waals surface area contributed by atoms with Crippen LogP contribution in [0.5, 0.6) is 0 Å². The zero-order chi connectivity index (χ0) is 18.0. The molecule has 8 nitrogen and oxygen atoms in total. The third kappa shape index (κ3) is 3.63. The van der Waals surface area contributed by atoms with Crippen LogP contribution < -0.4 is 5.56 Å². The molecule has 2 aromatic heterocycles. The van der Waals surface area contributed by atoms with Gasteiger partial charge in [0.15, 0.2) is 5.82 Å². The van der Waals surface area contributed by atoms with Gasteiger partial charge < -0.3 is 14.4 Å². The average Bonchev–Trinajstić information content (AvgIpc) is 2.99. The fourth-order valence-corrected chi connectivity index (χ4v) is 2.30. The van der Waals surface area contributed by atoms with E-state index in [1.54, 1.807) is 14.0 Å². The van der Waals surface area contributed by atoms with Gasteiger partial charge in [0, 0.05) is 25.7 Å². The van der Waals surface area contributed by atoms with E-state index < -0.39 is 11.5 Å². The Labute approximate surface area is 143 Å². The highest BCUT2D eigenvalue weighted by atomic mass is 16.5.